The lowest BCUT2D eigenvalue weighted by Gasteiger charge is -2.15. The van der Waals surface area contributed by atoms with E-state index in [0.717, 1.165) is 17.8 Å². The molecule has 4 heterocycles. The van der Waals surface area contributed by atoms with Gasteiger partial charge in [0.1, 0.15) is 29.3 Å². The fourth-order valence-corrected chi connectivity index (χ4v) is 4.99. The van der Waals surface area contributed by atoms with Gasteiger partial charge in [-0.05, 0) is 65.2 Å². The number of aromatic nitrogens is 7. The Hall–Kier alpha value is -4.71. The molecule has 6 rings (SSSR count). The van der Waals surface area contributed by atoms with E-state index in [9.17, 15) is 18.4 Å². The quantitative estimate of drug-likeness (QED) is 0.347. The van der Waals surface area contributed by atoms with Crippen LogP contribution >= 0.6 is 11.6 Å². The van der Waals surface area contributed by atoms with Gasteiger partial charge in [-0.15, -0.1) is 5.10 Å². The van der Waals surface area contributed by atoms with Crippen LogP contribution < -0.4 is 5.56 Å². The number of rotatable bonds is 5. The number of benzene rings is 2. The van der Waals surface area contributed by atoms with Crippen molar-refractivity contribution in [3.63, 3.8) is 0 Å². The summed E-state index contributed by atoms with van der Waals surface area (Å²) in [5, 5.41) is 20.9. The van der Waals surface area contributed by atoms with Crippen LogP contribution in [0.15, 0.2) is 59.8 Å². The van der Waals surface area contributed by atoms with E-state index in [1.54, 1.807) is 22.8 Å². The van der Waals surface area contributed by atoms with Crippen molar-refractivity contribution < 1.29 is 18.7 Å². The number of imidazole rings is 1. The highest BCUT2D eigenvalue weighted by Crippen LogP contribution is 2.35. The average molecular weight is 536 g/mol. The van der Waals surface area contributed by atoms with Crippen molar-refractivity contribution in [1.82, 2.24) is 34.7 Å². The molecule has 0 amide bonds. The third kappa shape index (κ3) is 3.86. The maximum absolute atomic E-state index is 14.8. The molecule has 5 aromatic rings. The van der Waals surface area contributed by atoms with Crippen LogP contribution in [0, 0.1) is 11.6 Å². The Morgan fingerprint density at radius 3 is 2.74 bits per heavy atom. The van der Waals surface area contributed by atoms with Crippen LogP contribution in [-0.4, -0.2) is 45.8 Å². The van der Waals surface area contributed by atoms with E-state index in [-0.39, 0.29) is 16.8 Å². The zero-order chi connectivity index (χ0) is 26.6. The number of nitrogens with one attached hydrogen (secondary N) is 1. The van der Waals surface area contributed by atoms with Gasteiger partial charge in [-0.25, -0.2) is 18.6 Å². The average Bonchev–Trinajstić information content (AvgIpc) is 3.64. The van der Waals surface area contributed by atoms with E-state index in [2.05, 4.69) is 25.5 Å². The molecule has 3 aromatic heterocycles. The number of halogens is 3. The fourth-order valence-electron chi connectivity index (χ4n) is 4.82. The van der Waals surface area contributed by atoms with Crippen molar-refractivity contribution in [2.24, 2.45) is 0 Å². The molecule has 1 atom stereocenters. The second-order valence-corrected chi connectivity index (χ2v) is 9.12. The number of aromatic carboxylic acids is 1. The van der Waals surface area contributed by atoms with Crippen LogP contribution in [0.1, 0.15) is 34.3 Å². The molecule has 0 radical (unpaired) electrons. The van der Waals surface area contributed by atoms with Crippen molar-refractivity contribution in [1.29, 1.82) is 0 Å². The van der Waals surface area contributed by atoms with Gasteiger partial charge < -0.3 is 14.7 Å². The first-order valence-corrected chi connectivity index (χ1v) is 11.7. The van der Waals surface area contributed by atoms with Crippen LogP contribution in [0.25, 0.3) is 28.1 Å². The van der Waals surface area contributed by atoms with E-state index in [0.29, 0.717) is 40.5 Å². The molecule has 0 aliphatic carbocycles. The molecule has 0 saturated carbocycles. The van der Waals surface area contributed by atoms with Gasteiger partial charge in [-0.3, -0.25) is 4.79 Å². The van der Waals surface area contributed by atoms with Crippen molar-refractivity contribution in [2.45, 2.75) is 18.9 Å². The summed E-state index contributed by atoms with van der Waals surface area (Å²) in [4.78, 5) is 31.9. The Balaban J connectivity index is 1.38. The minimum absolute atomic E-state index is 0.139. The molecule has 38 heavy (non-hydrogen) atoms. The number of aryl methyl sites for hydroxylation is 1. The number of hydrogen-bond donors (Lipinski definition) is 2. The summed E-state index contributed by atoms with van der Waals surface area (Å²) in [6.07, 6.45) is 3.89. The zero-order valence-electron chi connectivity index (χ0n) is 19.3. The summed E-state index contributed by atoms with van der Waals surface area (Å²) in [7, 11) is 0. The number of carbonyl (C=O) groups is 1. The number of hydrogen-bond acceptors (Lipinski definition) is 6. The summed E-state index contributed by atoms with van der Waals surface area (Å²) in [5.41, 5.74) is 1.44. The van der Waals surface area contributed by atoms with Crippen molar-refractivity contribution in [3.05, 3.63) is 99.1 Å². The molecule has 0 unspecified atom stereocenters. The zero-order valence-corrected chi connectivity index (χ0v) is 20.0. The summed E-state index contributed by atoms with van der Waals surface area (Å²) >= 11 is 6.25. The second kappa shape index (κ2) is 8.99. The predicted molar refractivity (Wildman–Crippen MR) is 131 cm³/mol. The van der Waals surface area contributed by atoms with E-state index >= 15 is 0 Å². The minimum atomic E-state index is -1.71. The molecule has 0 saturated heterocycles. The predicted octanol–water partition coefficient (Wildman–Crippen LogP) is 4.05. The van der Waals surface area contributed by atoms with Gasteiger partial charge in [0.2, 0.25) is 0 Å². The van der Waals surface area contributed by atoms with E-state index in [1.807, 2.05) is 6.07 Å². The van der Waals surface area contributed by atoms with Gasteiger partial charge in [0, 0.05) is 27.9 Å². The van der Waals surface area contributed by atoms with Crippen molar-refractivity contribution >= 4 is 17.6 Å². The molecule has 0 fully saturated rings. The maximum atomic E-state index is 14.8. The molecule has 13 heteroatoms. The molecule has 10 nitrogen and oxygen atoms in total. The maximum Gasteiger partial charge on any atom is 0.341 e. The Bertz CT molecular complexity index is 1780. The summed E-state index contributed by atoms with van der Waals surface area (Å²) in [6, 6.07) is 10.2. The number of H-pyrrole nitrogens is 1. The van der Waals surface area contributed by atoms with E-state index in [1.165, 1.54) is 23.3 Å². The van der Waals surface area contributed by atoms with Gasteiger partial charge in [0.15, 0.2) is 0 Å². The number of pyridine rings is 1. The number of carboxylic acid groups (broad SMARTS) is 1. The summed E-state index contributed by atoms with van der Waals surface area (Å²) < 4.78 is 31.7. The van der Waals surface area contributed by atoms with Crippen molar-refractivity contribution in [3.8, 4) is 28.1 Å². The molecule has 0 bridgehead atoms. The number of tetrazole rings is 1. The van der Waals surface area contributed by atoms with Crippen molar-refractivity contribution in [2.75, 3.05) is 0 Å². The Kier molecular flexibility index (Phi) is 5.60. The minimum Gasteiger partial charge on any atom is -0.477 e. The first-order chi connectivity index (χ1) is 18.3. The molecular formula is C25H16ClF2N7O3. The second-order valence-electron chi connectivity index (χ2n) is 8.69. The largest absolute Gasteiger partial charge is 0.477 e. The summed E-state index contributed by atoms with van der Waals surface area (Å²) in [5.74, 6) is -3.70. The Morgan fingerprint density at radius 1 is 1.13 bits per heavy atom. The van der Waals surface area contributed by atoms with Gasteiger partial charge in [0.25, 0.3) is 5.56 Å². The lowest BCUT2D eigenvalue weighted by molar-refractivity contribution is 0.0686. The topological polar surface area (TPSA) is 132 Å². The fraction of sp³-hybridized carbons (Fsp3) is 0.120. The normalized spacial score (nSPS) is 14.6. The highest BCUT2D eigenvalue weighted by atomic mass is 35.5. The van der Waals surface area contributed by atoms with Gasteiger partial charge in [0.05, 0.1) is 23.6 Å². The van der Waals surface area contributed by atoms with Crippen LogP contribution in [0.3, 0.4) is 0 Å². The number of carboxylic acids is 1. The third-order valence-electron chi connectivity index (χ3n) is 6.51. The first-order valence-electron chi connectivity index (χ1n) is 11.4. The molecule has 1 aliphatic heterocycles. The number of nitrogens with zero attached hydrogens (tertiary/aromatic N) is 6. The smallest absolute Gasteiger partial charge is 0.341 e. The number of fused-ring (bicyclic) bond motifs is 1. The SMILES string of the molecule is O=C(O)c1c(F)ccc(-c2cnc([C@@H]3CCc4cc(-c5cc(Cl)ccc5-n5cnnn5)cc(=O)n43)[nH]2)c1F. The molecule has 2 aromatic carbocycles. The lowest BCUT2D eigenvalue weighted by atomic mass is 10.0. The molecule has 1 aliphatic rings. The summed E-state index contributed by atoms with van der Waals surface area (Å²) in [6.45, 7) is 0. The first kappa shape index (κ1) is 23.7. The molecule has 2 N–H and O–H groups in total. The molecular weight excluding hydrogens is 520 g/mol. The monoisotopic (exact) mass is 535 g/mol. The standard InChI is InChI=1S/C25H16ClF2N7O3/c26-13-1-5-19(34-11-30-32-33-34)16(9-13)12-7-14-2-6-20(35(14)21(36)8-12)24-29-10-18(31-24)15-3-4-17(27)22(23(15)28)25(37)38/h1,3-5,7-11,20H,2,6H2,(H,29,31)(H,37,38)/t20-/m0/s1. The molecule has 190 valence electrons. The van der Waals surface area contributed by atoms with Crippen LogP contribution in [0.2, 0.25) is 5.02 Å². The van der Waals surface area contributed by atoms with Crippen LogP contribution in [0.5, 0.6) is 0 Å². The highest BCUT2D eigenvalue weighted by Gasteiger charge is 2.29. The Labute approximate surface area is 217 Å². The Morgan fingerprint density at radius 2 is 1.97 bits per heavy atom. The van der Waals surface area contributed by atoms with Gasteiger partial charge >= 0.3 is 5.97 Å². The van der Waals surface area contributed by atoms with Crippen LogP contribution in [0.4, 0.5) is 8.78 Å². The third-order valence-corrected chi connectivity index (χ3v) is 6.74. The van der Waals surface area contributed by atoms with Gasteiger partial charge in [-0.2, -0.15) is 4.68 Å². The van der Waals surface area contributed by atoms with Gasteiger partial charge in [-0.1, -0.05) is 11.6 Å². The van der Waals surface area contributed by atoms with E-state index < -0.39 is 29.2 Å². The van der Waals surface area contributed by atoms with Crippen LogP contribution in [-0.2, 0) is 6.42 Å². The highest BCUT2D eigenvalue weighted by molar-refractivity contribution is 6.31. The van der Waals surface area contributed by atoms with E-state index in [4.69, 9.17) is 16.7 Å². The number of aromatic amines is 1. The lowest BCUT2D eigenvalue weighted by Crippen LogP contribution is -2.23. The molecule has 0 spiro atoms.